The number of benzene rings is 9. The van der Waals surface area contributed by atoms with Crippen LogP contribution in [-0.4, -0.2) is 11.3 Å². The number of aromatic nitrogens is 1. The third-order valence-electron chi connectivity index (χ3n) is 12.3. The highest BCUT2D eigenvalue weighted by Gasteiger charge is 2.44. The number of rotatable bonds is 4. The molecule has 4 nitrogen and oxygen atoms in total. The first-order chi connectivity index (χ1) is 28.3. The summed E-state index contributed by atoms with van der Waals surface area (Å²) >= 11 is 0. The maximum absolute atomic E-state index is 6.88. The fraction of sp³-hybridized carbons (Fsp3) is 0. The van der Waals surface area contributed by atoms with E-state index in [1.165, 1.54) is 60.3 Å². The number of fused-ring (bicyclic) bond motifs is 12. The molecule has 5 heteroatoms. The van der Waals surface area contributed by atoms with Crippen LogP contribution in [0.25, 0.3) is 65.6 Å². The summed E-state index contributed by atoms with van der Waals surface area (Å²) < 4.78 is 9.51. The third kappa shape index (κ3) is 4.18. The van der Waals surface area contributed by atoms with Crippen LogP contribution < -0.4 is 20.7 Å². The molecular weight excluding hydrogens is 693 g/mol. The van der Waals surface area contributed by atoms with Gasteiger partial charge in [0.05, 0.1) is 11.4 Å². The molecule has 0 atom stereocenters. The van der Waals surface area contributed by atoms with Gasteiger partial charge in [0.25, 0.3) is 0 Å². The minimum Gasteiger partial charge on any atom is -0.454 e. The summed E-state index contributed by atoms with van der Waals surface area (Å²) in [7, 11) is 0. The number of nitrogens with zero attached hydrogens (tertiary/aromatic N) is 3. The Bertz CT molecular complexity index is 3400. The van der Waals surface area contributed by atoms with Crippen molar-refractivity contribution in [1.82, 2.24) is 4.48 Å². The molecule has 2 aromatic heterocycles. The summed E-state index contributed by atoms with van der Waals surface area (Å²) in [6, 6.07) is 70.6. The van der Waals surface area contributed by atoms with Crippen molar-refractivity contribution in [2.24, 2.45) is 0 Å². The molecule has 0 fully saturated rings. The lowest BCUT2D eigenvalue weighted by Crippen LogP contribution is -2.56. The Kier molecular flexibility index (Phi) is 6.22. The van der Waals surface area contributed by atoms with Crippen LogP contribution in [0.1, 0.15) is 0 Å². The average molecular weight is 726 g/mol. The first kappa shape index (κ1) is 30.8. The zero-order valence-corrected chi connectivity index (χ0v) is 30.8. The van der Waals surface area contributed by atoms with E-state index in [2.05, 4.69) is 208 Å². The van der Waals surface area contributed by atoms with Gasteiger partial charge in [-0.1, -0.05) is 133 Å². The Morgan fingerprint density at radius 3 is 1.95 bits per heavy atom. The monoisotopic (exact) mass is 725 g/mol. The summed E-state index contributed by atoms with van der Waals surface area (Å²) in [6.07, 6.45) is 0. The molecule has 0 bridgehead atoms. The molecular formula is C52H32BN3O. The first-order valence-electron chi connectivity index (χ1n) is 19.6. The van der Waals surface area contributed by atoms with Crippen molar-refractivity contribution in [3.63, 3.8) is 0 Å². The molecule has 11 aromatic rings. The van der Waals surface area contributed by atoms with Crippen LogP contribution in [-0.2, 0) is 0 Å². The van der Waals surface area contributed by atoms with Gasteiger partial charge < -0.3 is 18.7 Å². The molecule has 0 amide bonds. The topological polar surface area (TPSA) is 24.6 Å². The quantitative estimate of drug-likeness (QED) is 0.169. The van der Waals surface area contributed by atoms with E-state index >= 15 is 0 Å². The summed E-state index contributed by atoms with van der Waals surface area (Å²) in [5.41, 5.74) is 16.0. The molecule has 0 N–H and O–H groups in total. The van der Waals surface area contributed by atoms with Gasteiger partial charge in [-0.2, -0.15) is 0 Å². The van der Waals surface area contributed by atoms with Crippen LogP contribution >= 0.6 is 0 Å². The normalized spacial score (nSPS) is 12.8. The largest absolute Gasteiger partial charge is 0.454 e. The van der Waals surface area contributed by atoms with E-state index in [0.29, 0.717) is 0 Å². The second kappa shape index (κ2) is 11.5. The standard InChI is InChI=1S/C52H32BN3O/c1-3-16-34(17-4-1)54(35-18-5-2-6-19-35)36-29-30-44-47(32-36)55(46-27-14-25-42-39-22-10-12-28-48(39)57-52(42)46)51-37-20-8-7-15-33(37)31-43-41-24-13-23-40-38-21-9-11-26-45(38)56(50(40)41)53(44)49(43)51/h1-32H. The molecule has 2 aliphatic rings. The van der Waals surface area contributed by atoms with Gasteiger partial charge in [-0.05, 0) is 82.5 Å². The Morgan fingerprint density at radius 2 is 1.12 bits per heavy atom. The van der Waals surface area contributed by atoms with Gasteiger partial charge in [0.15, 0.2) is 5.58 Å². The molecule has 0 saturated heterocycles. The number of para-hydroxylation sites is 6. The minimum atomic E-state index is -0.0750. The maximum Gasteiger partial charge on any atom is 0.333 e. The number of hydrogen-bond donors (Lipinski definition) is 0. The number of furan rings is 1. The average Bonchev–Trinajstić information content (AvgIpc) is 3.83. The molecule has 4 heterocycles. The van der Waals surface area contributed by atoms with Crippen LogP contribution in [0.15, 0.2) is 199 Å². The Hall–Kier alpha value is -7.50. The molecule has 0 spiro atoms. The molecule has 57 heavy (non-hydrogen) atoms. The van der Waals surface area contributed by atoms with E-state index in [1.807, 2.05) is 0 Å². The Morgan fingerprint density at radius 1 is 0.456 bits per heavy atom. The van der Waals surface area contributed by atoms with Crippen molar-refractivity contribution in [3.8, 4) is 11.1 Å². The van der Waals surface area contributed by atoms with Crippen LogP contribution in [0.3, 0.4) is 0 Å². The highest BCUT2D eigenvalue weighted by Crippen LogP contribution is 2.50. The van der Waals surface area contributed by atoms with Gasteiger partial charge >= 0.3 is 6.85 Å². The van der Waals surface area contributed by atoms with Gasteiger partial charge in [0, 0.05) is 66.3 Å². The van der Waals surface area contributed by atoms with Gasteiger partial charge in [0.1, 0.15) is 5.58 Å². The fourth-order valence-electron chi connectivity index (χ4n) is 10.0. The van der Waals surface area contributed by atoms with Crippen LogP contribution in [0.5, 0.6) is 0 Å². The van der Waals surface area contributed by atoms with E-state index in [1.54, 1.807) is 0 Å². The lowest BCUT2D eigenvalue weighted by atomic mass is 9.45. The van der Waals surface area contributed by atoms with Crippen molar-refractivity contribution in [1.29, 1.82) is 0 Å². The van der Waals surface area contributed by atoms with Crippen molar-refractivity contribution in [2.45, 2.75) is 0 Å². The van der Waals surface area contributed by atoms with E-state index in [0.717, 1.165) is 50.4 Å². The third-order valence-corrected chi connectivity index (χ3v) is 12.3. The van der Waals surface area contributed by atoms with Crippen molar-refractivity contribution >= 4 is 106 Å². The van der Waals surface area contributed by atoms with E-state index in [-0.39, 0.29) is 6.85 Å². The predicted octanol–water partition coefficient (Wildman–Crippen LogP) is 12.7. The summed E-state index contributed by atoms with van der Waals surface area (Å²) in [5, 5.41) is 7.21. The minimum absolute atomic E-state index is 0.0750. The van der Waals surface area contributed by atoms with Gasteiger partial charge in [-0.3, -0.25) is 0 Å². The lowest BCUT2D eigenvalue weighted by Gasteiger charge is -2.41. The lowest BCUT2D eigenvalue weighted by molar-refractivity contribution is 0.669. The second-order valence-corrected chi connectivity index (χ2v) is 15.2. The summed E-state index contributed by atoms with van der Waals surface area (Å²) in [6.45, 7) is -0.0750. The van der Waals surface area contributed by atoms with E-state index < -0.39 is 0 Å². The maximum atomic E-state index is 6.88. The molecule has 9 aromatic carbocycles. The molecule has 0 saturated carbocycles. The van der Waals surface area contributed by atoms with Crippen LogP contribution in [0, 0.1) is 0 Å². The molecule has 0 radical (unpaired) electrons. The number of anilines is 6. The Labute approximate surface area is 329 Å². The zero-order valence-electron chi connectivity index (χ0n) is 30.8. The van der Waals surface area contributed by atoms with Crippen molar-refractivity contribution in [2.75, 3.05) is 9.80 Å². The van der Waals surface area contributed by atoms with E-state index in [9.17, 15) is 0 Å². The van der Waals surface area contributed by atoms with Crippen LogP contribution in [0.2, 0.25) is 0 Å². The predicted molar refractivity (Wildman–Crippen MR) is 239 cm³/mol. The van der Waals surface area contributed by atoms with E-state index in [4.69, 9.17) is 4.42 Å². The number of hydrogen-bond acceptors (Lipinski definition) is 3. The summed E-state index contributed by atoms with van der Waals surface area (Å²) in [4.78, 5) is 4.88. The molecule has 264 valence electrons. The highest BCUT2D eigenvalue weighted by molar-refractivity contribution is 6.90. The molecule has 13 rings (SSSR count). The summed E-state index contributed by atoms with van der Waals surface area (Å²) in [5.74, 6) is 0. The van der Waals surface area contributed by atoms with Crippen LogP contribution in [0.4, 0.5) is 34.1 Å². The van der Waals surface area contributed by atoms with Gasteiger partial charge in [-0.25, -0.2) is 0 Å². The Balaban J connectivity index is 1.20. The smallest absolute Gasteiger partial charge is 0.333 e. The van der Waals surface area contributed by atoms with Gasteiger partial charge in [0.2, 0.25) is 0 Å². The van der Waals surface area contributed by atoms with Crippen molar-refractivity contribution in [3.05, 3.63) is 194 Å². The first-order valence-corrected chi connectivity index (χ1v) is 19.6. The zero-order chi connectivity index (χ0) is 37.2. The van der Waals surface area contributed by atoms with Crippen molar-refractivity contribution < 1.29 is 4.42 Å². The second-order valence-electron chi connectivity index (χ2n) is 15.2. The molecule has 0 unspecified atom stereocenters. The SMILES string of the molecule is c1ccc(N(c2ccccc2)c2ccc3c(c2)N(c2cccc4c2oc2ccccc24)c2c4c(cc5ccccc25)-c2cccc5c6ccccc6n(c25)B34)cc1. The molecule has 0 aliphatic carbocycles. The fourth-order valence-corrected chi connectivity index (χ4v) is 10.0. The highest BCUT2D eigenvalue weighted by atomic mass is 16.3. The molecule has 2 aliphatic heterocycles. The van der Waals surface area contributed by atoms with Gasteiger partial charge in [-0.15, -0.1) is 0 Å².